The summed E-state index contributed by atoms with van der Waals surface area (Å²) >= 11 is 0.930. The van der Waals surface area contributed by atoms with E-state index in [1.807, 2.05) is 24.3 Å². The van der Waals surface area contributed by atoms with Crippen molar-refractivity contribution in [2.75, 3.05) is 22.9 Å². The smallest absolute Gasteiger partial charge is 0.330 e. The van der Waals surface area contributed by atoms with E-state index in [9.17, 15) is 13.2 Å². The summed E-state index contributed by atoms with van der Waals surface area (Å²) in [4.78, 5) is 20.9. The molecule has 12 heteroatoms. The number of anilines is 2. The molecule has 2 fully saturated rings. The second-order valence-electron chi connectivity index (χ2n) is 7.66. The summed E-state index contributed by atoms with van der Waals surface area (Å²) in [7, 11) is -3.89. The highest BCUT2D eigenvalue weighted by Crippen LogP contribution is 2.51. The number of hydrogen-bond acceptors (Lipinski definition) is 8. The number of rotatable bonds is 4. The lowest BCUT2D eigenvalue weighted by Gasteiger charge is -2.39. The fourth-order valence-corrected chi connectivity index (χ4v) is 5.62. The number of carbonyl (C=O) groups excluding carboxylic acids is 1. The highest BCUT2D eigenvalue weighted by Gasteiger charge is 2.52. The van der Waals surface area contributed by atoms with Gasteiger partial charge in [0.1, 0.15) is 0 Å². The normalized spacial score (nSPS) is 18.3. The van der Waals surface area contributed by atoms with Gasteiger partial charge in [0.25, 0.3) is 0 Å². The number of thiazole rings is 1. The van der Waals surface area contributed by atoms with Crippen LogP contribution in [0.2, 0.25) is 0 Å². The van der Waals surface area contributed by atoms with Gasteiger partial charge in [-0.1, -0.05) is 11.3 Å². The molecular weight excluding hydrogens is 428 g/mol. The molecule has 0 atom stereocenters. The van der Waals surface area contributed by atoms with Crippen LogP contribution in [0.15, 0.2) is 39.3 Å². The number of nitrogens with two attached hydrogens (primary N) is 1. The standard InChI is InChI=1S/C18H18N6O4S2/c1-11-15(30(19,26)27)29-16(21-11)24-9-18(6-7-18)8-23(17(24)25)13-4-2-12(3-5-13)14-22-20-10-28-14/h2-5,10H,6-9H2,1H3,(H2,19,26,27). The van der Waals surface area contributed by atoms with Crippen molar-refractivity contribution in [1.29, 1.82) is 0 Å². The zero-order chi connectivity index (χ0) is 21.1. The number of aromatic nitrogens is 3. The van der Waals surface area contributed by atoms with Gasteiger partial charge in [0.2, 0.25) is 22.3 Å². The van der Waals surface area contributed by atoms with Crippen LogP contribution >= 0.6 is 11.3 Å². The van der Waals surface area contributed by atoms with E-state index in [0.717, 1.165) is 35.4 Å². The van der Waals surface area contributed by atoms with E-state index >= 15 is 0 Å². The third-order valence-electron chi connectivity index (χ3n) is 5.42. The Morgan fingerprint density at radius 1 is 1.17 bits per heavy atom. The molecule has 0 radical (unpaired) electrons. The Morgan fingerprint density at radius 2 is 1.87 bits per heavy atom. The molecule has 1 saturated heterocycles. The average molecular weight is 447 g/mol. The minimum atomic E-state index is -3.89. The Balaban J connectivity index is 1.48. The highest BCUT2D eigenvalue weighted by atomic mass is 32.2. The summed E-state index contributed by atoms with van der Waals surface area (Å²) in [6.45, 7) is 2.70. The van der Waals surface area contributed by atoms with Gasteiger partial charge >= 0.3 is 6.03 Å². The predicted molar refractivity (Wildman–Crippen MR) is 110 cm³/mol. The number of urea groups is 1. The summed E-state index contributed by atoms with van der Waals surface area (Å²) in [6, 6.07) is 7.07. The van der Waals surface area contributed by atoms with Crippen LogP contribution in [0.1, 0.15) is 18.5 Å². The highest BCUT2D eigenvalue weighted by molar-refractivity contribution is 7.91. The third kappa shape index (κ3) is 3.26. The number of carbonyl (C=O) groups is 1. The number of benzene rings is 1. The first kappa shape index (κ1) is 19.2. The van der Waals surface area contributed by atoms with Crippen LogP contribution in [0.4, 0.5) is 15.6 Å². The van der Waals surface area contributed by atoms with E-state index in [-0.39, 0.29) is 15.7 Å². The molecule has 2 aromatic heterocycles. The summed E-state index contributed by atoms with van der Waals surface area (Å²) in [5.41, 5.74) is 1.78. The number of sulfonamides is 1. The number of nitrogens with zero attached hydrogens (tertiary/aromatic N) is 5. The minimum absolute atomic E-state index is 0.0135. The van der Waals surface area contributed by atoms with Crippen molar-refractivity contribution in [3.63, 3.8) is 0 Å². The lowest BCUT2D eigenvalue weighted by Crippen LogP contribution is -2.55. The second-order valence-corrected chi connectivity index (χ2v) is 10.4. The van der Waals surface area contributed by atoms with E-state index in [4.69, 9.17) is 9.56 Å². The van der Waals surface area contributed by atoms with Gasteiger partial charge in [-0.3, -0.25) is 9.80 Å². The van der Waals surface area contributed by atoms with E-state index in [0.29, 0.717) is 29.8 Å². The van der Waals surface area contributed by atoms with Crippen molar-refractivity contribution in [1.82, 2.24) is 15.2 Å². The van der Waals surface area contributed by atoms with E-state index < -0.39 is 10.0 Å². The number of aryl methyl sites for hydroxylation is 1. The maximum atomic E-state index is 13.3. The van der Waals surface area contributed by atoms with Gasteiger partial charge in [0, 0.05) is 29.8 Å². The summed E-state index contributed by atoms with van der Waals surface area (Å²) in [6.07, 6.45) is 3.26. The van der Waals surface area contributed by atoms with Crippen LogP contribution in [-0.2, 0) is 10.0 Å². The van der Waals surface area contributed by atoms with Crippen LogP contribution in [0.3, 0.4) is 0 Å². The zero-order valence-electron chi connectivity index (χ0n) is 16.0. The molecule has 0 bridgehead atoms. The first-order valence-corrected chi connectivity index (χ1v) is 11.6. The van der Waals surface area contributed by atoms with Crippen molar-refractivity contribution in [3.05, 3.63) is 36.4 Å². The maximum Gasteiger partial charge on any atom is 0.330 e. The van der Waals surface area contributed by atoms with Gasteiger partial charge in [-0.25, -0.2) is 23.3 Å². The van der Waals surface area contributed by atoms with Crippen molar-refractivity contribution in [2.45, 2.75) is 24.0 Å². The van der Waals surface area contributed by atoms with E-state index in [1.54, 1.807) is 16.7 Å². The number of hydrogen-bond donors (Lipinski definition) is 1. The van der Waals surface area contributed by atoms with Crippen LogP contribution < -0.4 is 14.9 Å². The third-order valence-corrected chi connectivity index (χ3v) is 8.16. The molecule has 156 valence electrons. The SMILES string of the molecule is Cc1nc(N2CC3(CC3)CN(c3ccc(-c4nnco4)cc3)C2=O)sc1S(N)(=O)=O. The van der Waals surface area contributed by atoms with Gasteiger partial charge in [-0.15, -0.1) is 10.2 Å². The fourth-order valence-electron chi connectivity index (χ4n) is 3.68. The molecule has 1 aromatic carbocycles. The number of amides is 2. The molecule has 2 amide bonds. The summed E-state index contributed by atoms with van der Waals surface area (Å²) < 4.78 is 28.8. The average Bonchev–Trinajstić information content (AvgIpc) is 3.09. The Labute approximate surface area is 176 Å². The van der Waals surface area contributed by atoms with Gasteiger partial charge < -0.3 is 4.42 Å². The van der Waals surface area contributed by atoms with Gasteiger partial charge in [0.15, 0.2) is 9.34 Å². The first-order valence-electron chi connectivity index (χ1n) is 9.22. The quantitative estimate of drug-likeness (QED) is 0.650. The van der Waals surface area contributed by atoms with Crippen molar-refractivity contribution in [2.24, 2.45) is 10.6 Å². The second kappa shape index (κ2) is 6.59. The lowest BCUT2D eigenvalue weighted by atomic mass is 10.0. The molecule has 0 unspecified atom stereocenters. The largest absolute Gasteiger partial charge is 0.423 e. The topological polar surface area (TPSA) is 136 Å². The molecule has 1 aliphatic heterocycles. The van der Waals surface area contributed by atoms with E-state index in [1.165, 1.54) is 6.39 Å². The van der Waals surface area contributed by atoms with Crippen molar-refractivity contribution < 1.29 is 17.6 Å². The minimum Gasteiger partial charge on any atom is -0.423 e. The fraction of sp³-hybridized carbons (Fsp3) is 0.333. The monoisotopic (exact) mass is 446 g/mol. The lowest BCUT2D eigenvalue weighted by molar-refractivity contribution is 0.243. The molecule has 3 heterocycles. The van der Waals surface area contributed by atoms with Crippen LogP contribution in [0.25, 0.3) is 11.5 Å². The molecule has 10 nitrogen and oxygen atoms in total. The Kier molecular flexibility index (Phi) is 4.21. The maximum absolute atomic E-state index is 13.3. The molecule has 2 aliphatic rings. The van der Waals surface area contributed by atoms with Crippen LogP contribution in [0, 0.1) is 12.3 Å². The number of primary sulfonamides is 1. The van der Waals surface area contributed by atoms with Crippen LogP contribution in [-0.4, -0.2) is 42.7 Å². The molecule has 2 N–H and O–H groups in total. The molecule has 1 aliphatic carbocycles. The molecule has 3 aromatic rings. The zero-order valence-corrected chi connectivity index (χ0v) is 17.6. The summed E-state index contributed by atoms with van der Waals surface area (Å²) in [5.74, 6) is 0.403. The van der Waals surface area contributed by atoms with Gasteiger partial charge in [0.05, 0.1) is 5.69 Å². The van der Waals surface area contributed by atoms with Crippen LogP contribution in [0.5, 0.6) is 0 Å². The molecular formula is C18H18N6O4S2. The predicted octanol–water partition coefficient (Wildman–Crippen LogP) is 2.38. The Bertz CT molecular complexity index is 1220. The Morgan fingerprint density at radius 3 is 2.43 bits per heavy atom. The molecule has 5 rings (SSSR count). The first-order chi connectivity index (χ1) is 14.3. The Hall–Kier alpha value is -2.83. The molecule has 1 saturated carbocycles. The van der Waals surface area contributed by atoms with Crippen molar-refractivity contribution >= 4 is 38.2 Å². The molecule has 30 heavy (non-hydrogen) atoms. The van der Waals surface area contributed by atoms with Gasteiger partial charge in [-0.2, -0.15) is 0 Å². The molecule has 1 spiro atoms. The summed E-state index contributed by atoms with van der Waals surface area (Å²) in [5, 5.41) is 13.2. The van der Waals surface area contributed by atoms with Gasteiger partial charge in [-0.05, 0) is 44.0 Å². The van der Waals surface area contributed by atoms with E-state index in [2.05, 4.69) is 15.2 Å². The van der Waals surface area contributed by atoms with Crippen molar-refractivity contribution in [3.8, 4) is 11.5 Å².